The van der Waals surface area contributed by atoms with Crippen LogP contribution in [0, 0.1) is 5.92 Å². The molecule has 1 saturated carbocycles. The lowest BCUT2D eigenvalue weighted by molar-refractivity contribution is -0.130. The summed E-state index contributed by atoms with van der Waals surface area (Å²) in [5.41, 5.74) is 8.29. The van der Waals surface area contributed by atoms with Crippen LogP contribution in [0.5, 0.6) is 0 Å². The Morgan fingerprint density at radius 1 is 1.00 bits per heavy atom. The number of nitrogens with one attached hydrogen (secondary N) is 1. The highest BCUT2D eigenvalue weighted by molar-refractivity contribution is 6.17. The van der Waals surface area contributed by atoms with Crippen molar-refractivity contribution in [2.24, 2.45) is 11.7 Å². The molecule has 0 aromatic heterocycles. The van der Waals surface area contributed by atoms with Crippen LogP contribution in [0.4, 0.5) is 11.4 Å². The second-order valence-corrected chi connectivity index (χ2v) is 7.87. The van der Waals surface area contributed by atoms with Crippen LogP contribution in [0.25, 0.3) is 0 Å². The maximum Gasteiger partial charge on any atom is 0.251 e. The van der Waals surface area contributed by atoms with Crippen LogP contribution in [-0.2, 0) is 20.8 Å². The molecular formula is C24H29N3O3. The number of benzene rings is 2. The quantitative estimate of drug-likeness (QED) is 0.764. The van der Waals surface area contributed by atoms with Crippen LogP contribution in [0.15, 0.2) is 54.6 Å². The van der Waals surface area contributed by atoms with Crippen molar-refractivity contribution in [2.45, 2.75) is 51.5 Å². The minimum absolute atomic E-state index is 0.165. The van der Waals surface area contributed by atoms with E-state index in [1.54, 1.807) is 24.3 Å². The fourth-order valence-corrected chi connectivity index (χ4v) is 3.91. The minimum Gasteiger partial charge on any atom is -0.326 e. The van der Waals surface area contributed by atoms with Crippen molar-refractivity contribution >= 4 is 29.1 Å². The Balaban J connectivity index is 1.85. The standard InChI is InChI=1S/C24H29N3O3/c1-17(28)26-20-12-14-21(15-13-20)27(23(29)19-10-6-3-7-11-19)24(30)22(25)16-18-8-4-2-5-9-18/h2,4-5,8-9,12-15,19,22H,3,6-7,10-11,16,25H2,1H3,(H,26,28). The third kappa shape index (κ3) is 5.54. The number of amides is 3. The molecule has 1 atom stereocenters. The fraction of sp³-hybridized carbons (Fsp3) is 0.375. The van der Waals surface area contributed by atoms with Crippen molar-refractivity contribution in [2.75, 3.05) is 10.2 Å². The Bertz CT molecular complexity index is 874. The van der Waals surface area contributed by atoms with Crippen molar-refractivity contribution in [3.8, 4) is 0 Å². The highest BCUT2D eigenvalue weighted by atomic mass is 16.2. The van der Waals surface area contributed by atoms with E-state index in [2.05, 4.69) is 5.32 Å². The van der Waals surface area contributed by atoms with E-state index in [1.807, 2.05) is 30.3 Å². The summed E-state index contributed by atoms with van der Waals surface area (Å²) < 4.78 is 0. The highest BCUT2D eigenvalue weighted by Crippen LogP contribution is 2.29. The van der Waals surface area contributed by atoms with Crippen molar-refractivity contribution < 1.29 is 14.4 Å². The van der Waals surface area contributed by atoms with E-state index in [-0.39, 0.29) is 17.7 Å². The summed E-state index contributed by atoms with van der Waals surface area (Å²) in [6.07, 6.45) is 5.06. The van der Waals surface area contributed by atoms with E-state index in [4.69, 9.17) is 5.73 Å². The number of nitrogens with two attached hydrogens (primary N) is 1. The summed E-state index contributed by atoms with van der Waals surface area (Å²) >= 11 is 0. The third-order valence-electron chi connectivity index (χ3n) is 5.46. The normalized spacial score (nSPS) is 15.3. The number of carbonyl (C=O) groups excluding carboxylic acids is 3. The number of imide groups is 1. The molecular weight excluding hydrogens is 378 g/mol. The Morgan fingerprint density at radius 2 is 1.63 bits per heavy atom. The molecule has 0 radical (unpaired) electrons. The average molecular weight is 408 g/mol. The van der Waals surface area contributed by atoms with E-state index in [1.165, 1.54) is 11.8 Å². The number of hydrogen-bond donors (Lipinski definition) is 2. The predicted molar refractivity (Wildman–Crippen MR) is 118 cm³/mol. The molecule has 158 valence electrons. The molecule has 1 aliphatic rings. The molecule has 6 heteroatoms. The molecule has 0 aliphatic heterocycles. The van der Waals surface area contributed by atoms with Gasteiger partial charge in [-0.2, -0.15) is 0 Å². The van der Waals surface area contributed by atoms with Gasteiger partial charge in [-0.15, -0.1) is 0 Å². The number of anilines is 2. The molecule has 3 rings (SSSR count). The largest absolute Gasteiger partial charge is 0.326 e. The van der Waals surface area contributed by atoms with Gasteiger partial charge >= 0.3 is 0 Å². The van der Waals surface area contributed by atoms with Gasteiger partial charge in [0.15, 0.2) is 0 Å². The van der Waals surface area contributed by atoms with Crippen LogP contribution in [-0.4, -0.2) is 23.8 Å². The molecule has 0 heterocycles. The summed E-state index contributed by atoms with van der Waals surface area (Å²) in [4.78, 5) is 39.2. The molecule has 1 fully saturated rings. The second kappa shape index (κ2) is 10.2. The van der Waals surface area contributed by atoms with Crippen LogP contribution in [0.2, 0.25) is 0 Å². The van der Waals surface area contributed by atoms with Gasteiger partial charge in [0.05, 0.1) is 11.7 Å². The summed E-state index contributed by atoms with van der Waals surface area (Å²) in [5, 5.41) is 2.70. The van der Waals surface area contributed by atoms with E-state index < -0.39 is 11.9 Å². The molecule has 0 spiro atoms. The van der Waals surface area contributed by atoms with Gasteiger partial charge in [-0.05, 0) is 49.1 Å². The van der Waals surface area contributed by atoms with E-state index in [9.17, 15) is 14.4 Å². The monoisotopic (exact) mass is 407 g/mol. The minimum atomic E-state index is -0.824. The maximum absolute atomic E-state index is 13.3. The molecule has 6 nitrogen and oxygen atoms in total. The van der Waals surface area contributed by atoms with Gasteiger partial charge < -0.3 is 11.1 Å². The van der Waals surface area contributed by atoms with E-state index in [0.29, 0.717) is 17.8 Å². The summed E-state index contributed by atoms with van der Waals surface area (Å²) in [7, 11) is 0. The average Bonchev–Trinajstić information content (AvgIpc) is 2.76. The zero-order chi connectivity index (χ0) is 21.5. The number of nitrogens with zero attached hydrogens (tertiary/aromatic N) is 1. The molecule has 1 unspecified atom stereocenters. The molecule has 3 N–H and O–H groups in total. The van der Waals surface area contributed by atoms with Gasteiger partial charge in [0, 0.05) is 18.5 Å². The molecule has 2 aromatic rings. The first-order valence-electron chi connectivity index (χ1n) is 10.5. The SMILES string of the molecule is CC(=O)Nc1ccc(N(C(=O)C(N)Cc2ccccc2)C(=O)C2CCCCC2)cc1. The van der Waals surface area contributed by atoms with Gasteiger partial charge in [0.1, 0.15) is 0 Å². The first kappa shape index (κ1) is 21.7. The van der Waals surface area contributed by atoms with Gasteiger partial charge in [0.2, 0.25) is 11.8 Å². The molecule has 0 bridgehead atoms. The fourth-order valence-electron chi connectivity index (χ4n) is 3.91. The first-order chi connectivity index (χ1) is 14.5. The van der Waals surface area contributed by atoms with Crippen LogP contribution < -0.4 is 16.0 Å². The Hall–Kier alpha value is -2.99. The van der Waals surface area contributed by atoms with Crippen LogP contribution >= 0.6 is 0 Å². The second-order valence-electron chi connectivity index (χ2n) is 7.87. The van der Waals surface area contributed by atoms with Gasteiger partial charge in [-0.1, -0.05) is 49.6 Å². The van der Waals surface area contributed by atoms with E-state index >= 15 is 0 Å². The Morgan fingerprint density at radius 3 is 2.23 bits per heavy atom. The molecule has 1 aliphatic carbocycles. The summed E-state index contributed by atoms with van der Waals surface area (Å²) in [6.45, 7) is 1.43. The van der Waals surface area contributed by atoms with Crippen molar-refractivity contribution in [1.82, 2.24) is 0 Å². The zero-order valence-corrected chi connectivity index (χ0v) is 17.3. The van der Waals surface area contributed by atoms with Gasteiger partial charge in [-0.3, -0.25) is 14.4 Å². The van der Waals surface area contributed by atoms with Crippen LogP contribution in [0.1, 0.15) is 44.6 Å². The number of rotatable bonds is 6. The van der Waals surface area contributed by atoms with Gasteiger partial charge in [0.25, 0.3) is 5.91 Å². The van der Waals surface area contributed by atoms with Crippen molar-refractivity contribution in [3.05, 3.63) is 60.2 Å². The number of hydrogen-bond acceptors (Lipinski definition) is 4. The Labute approximate surface area is 177 Å². The highest BCUT2D eigenvalue weighted by Gasteiger charge is 2.33. The molecule has 30 heavy (non-hydrogen) atoms. The smallest absolute Gasteiger partial charge is 0.251 e. The molecule has 3 amide bonds. The topological polar surface area (TPSA) is 92.5 Å². The lowest BCUT2D eigenvalue weighted by Crippen LogP contribution is -2.50. The predicted octanol–water partition coefficient (Wildman–Crippen LogP) is 3.65. The zero-order valence-electron chi connectivity index (χ0n) is 17.3. The first-order valence-corrected chi connectivity index (χ1v) is 10.5. The third-order valence-corrected chi connectivity index (χ3v) is 5.46. The van der Waals surface area contributed by atoms with Crippen LogP contribution in [0.3, 0.4) is 0 Å². The van der Waals surface area contributed by atoms with Crippen molar-refractivity contribution in [3.63, 3.8) is 0 Å². The molecule has 2 aromatic carbocycles. The van der Waals surface area contributed by atoms with Crippen molar-refractivity contribution in [1.29, 1.82) is 0 Å². The lowest BCUT2D eigenvalue weighted by atomic mass is 9.88. The van der Waals surface area contributed by atoms with E-state index in [0.717, 1.165) is 37.7 Å². The summed E-state index contributed by atoms with van der Waals surface area (Å²) in [5.74, 6) is -0.933. The van der Waals surface area contributed by atoms with Gasteiger partial charge in [-0.25, -0.2) is 4.90 Å². The maximum atomic E-state index is 13.3. The lowest BCUT2D eigenvalue weighted by Gasteiger charge is -2.30. The number of carbonyl (C=O) groups is 3. The summed E-state index contributed by atoms with van der Waals surface area (Å²) in [6, 6.07) is 15.5. The molecule has 0 saturated heterocycles. The Kier molecular flexibility index (Phi) is 7.36.